The maximum absolute atomic E-state index is 11.4. The minimum atomic E-state index is -0.478. The molecule has 0 atom stereocenters. The molecule has 86 valence electrons. The number of ether oxygens (including phenoxy) is 1. The van der Waals surface area contributed by atoms with Crippen LogP contribution >= 0.6 is 0 Å². The summed E-state index contributed by atoms with van der Waals surface area (Å²) in [5.41, 5.74) is -0.748. The predicted octanol–water partition coefficient (Wildman–Crippen LogP) is 1.88. The number of nitrogens with one attached hydrogen (secondary N) is 1. The molecule has 0 aromatic rings. The molecule has 0 saturated heterocycles. The lowest BCUT2D eigenvalue weighted by molar-refractivity contribution is -0.115. The highest BCUT2D eigenvalue weighted by Crippen LogP contribution is 2.36. The van der Waals surface area contributed by atoms with E-state index in [0.717, 1.165) is 6.29 Å². The number of rotatable bonds is 2. The number of hydrogen-bond acceptors (Lipinski definition) is 3. The molecule has 1 saturated carbocycles. The van der Waals surface area contributed by atoms with E-state index in [0.29, 0.717) is 12.8 Å². The van der Waals surface area contributed by atoms with E-state index in [1.807, 2.05) is 27.7 Å². The van der Waals surface area contributed by atoms with Crippen LogP contribution in [-0.4, -0.2) is 23.5 Å². The summed E-state index contributed by atoms with van der Waals surface area (Å²) in [6, 6.07) is 0. The van der Waals surface area contributed by atoms with Gasteiger partial charge in [-0.25, -0.2) is 4.79 Å². The van der Waals surface area contributed by atoms with Crippen LogP contribution in [0.15, 0.2) is 0 Å². The zero-order valence-electron chi connectivity index (χ0n) is 9.79. The van der Waals surface area contributed by atoms with Crippen LogP contribution in [0.2, 0.25) is 0 Å². The van der Waals surface area contributed by atoms with Crippen LogP contribution in [0.25, 0.3) is 0 Å². The molecule has 0 heterocycles. The van der Waals surface area contributed by atoms with E-state index in [1.165, 1.54) is 0 Å². The van der Waals surface area contributed by atoms with Gasteiger partial charge < -0.3 is 14.8 Å². The van der Waals surface area contributed by atoms with Crippen molar-refractivity contribution >= 4 is 12.4 Å². The fourth-order valence-corrected chi connectivity index (χ4v) is 1.85. The molecule has 0 bridgehead atoms. The first-order valence-electron chi connectivity index (χ1n) is 5.21. The third-order valence-corrected chi connectivity index (χ3v) is 2.42. The quantitative estimate of drug-likeness (QED) is 0.712. The van der Waals surface area contributed by atoms with Gasteiger partial charge in [0, 0.05) is 11.5 Å². The van der Waals surface area contributed by atoms with Gasteiger partial charge in [0.1, 0.15) is 11.9 Å². The maximum Gasteiger partial charge on any atom is 0.408 e. The summed E-state index contributed by atoms with van der Waals surface area (Å²) in [4.78, 5) is 21.9. The van der Waals surface area contributed by atoms with E-state index in [-0.39, 0.29) is 11.5 Å². The molecule has 0 unspecified atom stereocenters. The van der Waals surface area contributed by atoms with Gasteiger partial charge in [-0.15, -0.1) is 0 Å². The molecule has 0 aromatic heterocycles. The van der Waals surface area contributed by atoms with Crippen molar-refractivity contribution in [2.75, 3.05) is 0 Å². The molecule has 1 amide bonds. The summed E-state index contributed by atoms with van der Waals surface area (Å²) in [5, 5.41) is 2.79. The first-order chi connectivity index (χ1) is 6.74. The predicted molar refractivity (Wildman–Crippen MR) is 56.6 cm³/mol. The molecule has 0 aromatic carbocycles. The number of amides is 1. The summed E-state index contributed by atoms with van der Waals surface area (Å²) in [7, 11) is 0. The van der Waals surface area contributed by atoms with Gasteiger partial charge >= 0.3 is 6.09 Å². The molecule has 0 spiro atoms. The van der Waals surface area contributed by atoms with Gasteiger partial charge in [-0.3, -0.25) is 0 Å². The minimum Gasteiger partial charge on any atom is -0.444 e. The molecule has 0 radical (unpaired) electrons. The van der Waals surface area contributed by atoms with Crippen molar-refractivity contribution in [3.8, 4) is 0 Å². The highest BCUT2D eigenvalue weighted by atomic mass is 16.6. The van der Waals surface area contributed by atoms with Crippen molar-refractivity contribution in [2.24, 2.45) is 5.92 Å². The Morgan fingerprint density at radius 3 is 2.40 bits per heavy atom. The number of carbonyl (C=O) groups is 2. The molecule has 1 N–H and O–H groups in total. The van der Waals surface area contributed by atoms with E-state index in [1.54, 1.807) is 0 Å². The summed E-state index contributed by atoms with van der Waals surface area (Å²) in [6.07, 6.45) is 1.94. The SMILES string of the molecule is CC1(NC(=O)OC(C)(C)C)CC(C=O)C1. The summed E-state index contributed by atoms with van der Waals surface area (Å²) in [6.45, 7) is 7.40. The Balaban J connectivity index is 2.37. The normalized spacial score (nSPS) is 30.3. The minimum absolute atomic E-state index is 0.0879. The molecule has 15 heavy (non-hydrogen) atoms. The van der Waals surface area contributed by atoms with Crippen molar-refractivity contribution in [3.63, 3.8) is 0 Å². The molecule has 1 aliphatic carbocycles. The largest absolute Gasteiger partial charge is 0.444 e. The van der Waals surface area contributed by atoms with Crippen LogP contribution in [-0.2, 0) is 9.53 Å². The topological polar surface area (TPSA) is 55.4 Å². The molecule has 1 fully saturated rings. The number of alkyl carbamates (subject to hydrolysis) is 1. The Kier molecular flexibility index (Phi) is 3.07. The second-order valence-electron chi connectivity index (χ2n) is 5.49. The van der Waals surface area contributed by atoms with E-state index >= 15 is 0 Å². The van der Waals surface area contributed by atoms with Crippen LogP contribution in [0.1, 0.15) is 40.5 Å². The van der Waals surface area contributed by atoms with Crippen molar-refractivity contribution in [2.45, 2.75) is 51.7 Å². The van der Waals surface area contributed by atoms with E-state index < -0.39 is 11.7 Å². The Hall–Kier alpha value is -1.06. The Morgan fingerprint density at radius 1 is 1.47 bits per heavy atom. The van der Waals surface area contributed by atoms with Gasteiger partial charge in [-0.05, 0) is 40.5 Å². The molecule has 0 aliphatic heterocycles. The molecule has 4 heteroatoms. The summed E-state index contributed by atoms with van der Waals surface area (Å²) >= 11 is 0. The lowest BCUT2D eigenvalue weighted by Crippen LogP contribution is -2.56. The van der Waals surface area contributed by atoms with Gasteiger partial charge in [-0.2, -0.15) is 0 Å². The Morgan fingerprint density at radius 2 is 2.00 bits per heavy atom. The highest BCUT2D eigenvalue weighted by Gasteiger charge is 2.41. The first-order valence-corrected chi connectivity index (χ1v) is 5.21. The lowest BCUT2D eigenvalue weighted by Gasteiger charge is -2.43. The van der Waals surface area contributed by atoms with Crippen molar-refractivity contribution < 1.29 is 14.3 Å². The standard InChI is InChI=1S/C11H19NO3/c1-10(2,3)15-9(14)12-11(4)5-8(6-11)7-13/h7-8H,5-6H2,1-4H3,(H,12,14). The number of hydrogen-bond donors (Lipinski definition) is 1. The van der Waals surface area contributed by atoms with Gasteiger partial charge in [0.05, 0.1) is 0 Å². The smallest absolute Gasteiger partial charge is 0.408 e. The first kappa shape index (κ1) is 12.0. The van der Waals surface area contributed by atoms with E-state index in [9.17, 15) is 9.59 Å². The fraction of sp³-hybridized carbons (Fsp3) is 0.818. The van der Waals surface area contributed by atoms with Crippen molar-refractivity contribution in [3.05, 3.63) is 0 Å². The third kappa shape index (κ3) is 3.53. The molecule has 1 rings (SSSR count). The number of aldehydes is 1. The average molecular weight is 213 g/mol. The van der Waals surface area contributed by atoms with Gasteiger partial charge in [-0.1, -0.05) is 0 Å². The van der Waals surface area contributed by atoms with Gasteiger partial charge in [0.15, 0.2) is 0 Å². The zero-order chi connectivity index (χ0) is 11.7. The van der Waals surface area contributed by atoms with Crippen LogP contribution in [0.4, 0.5) is 4.79 Å². The molecule has 4 nitrogen and oxygen atoms in total. The summed E-state index contributed by atoms with van der Waals surface area (Å²) < 4.78 is 5.14. The fourth-order valence-electron chi connectivity index (χ4n) is 1.85. The number of carbonyl (C=O) groups excluding carboxylic acids is 2. The van der Waals surface area contributed by atoms with Crippen LogP contribution in [0.5, 0.6) is 0 Å². The van der Waals surface area contributed by atoms with Crippen LogP contribution < -0.4 is 5.32 Å². The maximum atomic E-state index is 11.4. The van der Waals surface area contributed by atoms with E-state index in [2.05, 4.69) is 5.32 Å². The second kappa shape index (κ2) is 3.83. The summed E-state index contributed by atoms with van der Waals surface area (Å²) in [5.74, 6) is 0.0879. The Labute approximate surface area is 90.4 Å². The average Bonchev–Trinajstić information content (AvgIpc) is 1.95. The monoisotopic (exact) mass is 213 g/mol. The van der Waals surface area contributed by atoms with Crippen molar-refractivity contribution in [1.82, 2.24) is 5.32 Å². The van der Waals surface area contributed by atoms with E-state index in [4.69, 9.17) is 4.74 Å². The second-order valence-corrected chi connectivity index (χ2v) is 5.49. The highest BCUT2D eigenvalue weighted by molar-refractivity contribution is 5.69. The van der Waals surface area contributed by atoms with Gasteiger partial charge in [0.2, 0.25) is 0 Å². The van der Waals surface area contributed by atoms with Crippen LogP contribution in [0.3, 0.4) is 0 Å². The lowest BCUT2D eigenvalue weighted by atomic mass is 9.70. The van der Waals surface area contributed by atoms with Crippen molar-refractivity contribution in [1.29, 1.82) is 0 Å². The zero-order valence-corrected chi connectivity index (χ0v) is 9.79. The Bertz CT molecular complexity index is 261. The van der Waals surface area contributed by atoms with Crippen LogP contribution in [0, 0.1) is 5.92 Å². The van der Waals surface area contributed by atoms with Gasteiger partial charge in [0.25, 0.3) is 0 Å². The molecule has 1 aliphatic rings. The third-order valence-electron chi connectivity index (χ3n) is 2.42. The molecular weight excluding hydrogens is 194 g/mol. The molecular formula is C11H19NO3.